The zero-order valence-electron chi connectivity index (χ0n) is 11.5. The van der Waals surface area contributed by atoms with Crippen LogP contribution in [0.3, 0.4) is 0 Å². The Bertz CT molecular complexity index is 254. The summed E-state index contributed by atoms with van der Waals surface area (Å²) < 4.78 is 10.5. The van der Waals surface area contributed by atoms with Crippen molar-refractivity contribution in [2.45, 2.75) is 45.6 Å². The average molecular weight is 243 g/mol. The van der Waals surface area contributed by atoms with Gasteiger partial charge < -0.3 is 14.8 Å². The molecule has 1 aliphatic rings. The summed E-state index contributed by atoms with van der Waals surface area (Å²) in [6.07, 6.45) is 3.41. The molecule has 0 aliphatic heterocycles. The second-order valence-electron chi connectivity index (χ2n) is 5.92. The van der Waals surface area contributed by atoms with Gasteiger partial charge in [-0.05, 0) is 45.4 Å². The Kier molecular flexibility index (Phi) is 4.95. The Morgan fingerprint density at radius 2 is 2.00 bits per heavy atom. The number of nitrogens with one attached hydrogen (secondary N) is 1. The summed E-state index contributed by atoms with van der Waals surface area (Å²) in [6, 6.07) is 0. The lowest BCUT2D eigenvalue weighted by atomic mass is 10.0. The van der Waals surface area contributed by atoms with Gasteiger partial charge in [-0.1, -0.05) is 0 Å². The molecule has 0 atom stereocenters. The van der Waals surface area contributed by atoms with Gasteiger partial charge in [-0.3, -0.25) is 4.79 Å². The van der Waals surface area contributed by atoms with Crippen molar-refractivity contribution in [3.8, 4) is 0 Å². The van der Waals surface area contributed by atoms with Gasteiger partial charge in [0.25, 0.3) is 0 Å². The van der Waals surface area contributed by atoms with E-state index in [-0.39, 0.29) is 18.1 Å². The van der Waals surface area contributed by atoms with E-state index in [9.17, 15) is 4.79 Å². The average Bonchev–Trinajstić information content (AvgIpc) is 3.01. The molecule has 1 aliphatic carbocycles. The van der Waals surface area contributed by atoms with E-state index in [2.05, 4.69) is 5.32 Å². The van der Waals surface area contributed by atoms with Crippen molar-refractivity contribution in [1.82, 2.24) is 5.32 Å². The molecule has 4 heteroatoms. The largest absolute Gasteiger partial charge is 0.385 e. The van der Waals surface area contributed by atoms with Gasteiger partial charge in [0.15, 0.2) is 0 Å². The molecule has 1 rings (SSSR count). The molecule has 100 valence electrons. The summed E-state index contributed by atoms with van der Waals surface area (Å²) >= 11 is 0. The van der Waals surface area contributed by atoms with E-state index >= 15 is 0 Å². The highest BCUT2D eigenvalue weighted by Crippen LogP contribution is 2.48. The van der Waals surface area contributed by atoms with Crippen molar-refractivity contribution in [1.29, 1.82) is 0 Å². The molecule has 0 aromatic carbocycles. The number of amides is 1. The zero-order chi connectivity index (χ0) is 12.9. The molecule has 0 radical (unpaired) electrons. The van der Waals surface area contributed by atoms with E-state index in [1.165, 1.54) is 12.8 Å². The first-order valence-corrected chi connectivity index (χ1v) is 6.27. The summed E-state index contributed by atoms with van der Waals surface area (Å²) in [7, 11) is 1.71. The van der Waals surface area contributed by atoms with Crippen LogP contribution in [0.25, 0.3) is 0 Å². The minimum Gasteiger partial charge on any atom is -0.385 e. The van der Waals surface area contributed by atoms with Gasteiger partial charge >= 0.3 is 0 Å². The molecule has 0 aromatic heterocycles. The van der Waals surface area contributed by atoms with Crippen LogP contribution in [0.4, 0.5) is 0 Å². The second kappa shape index (κ2) is 5.83. The molecule has 1 N–H and O–H groups in total. The fourth-order valence-electron chi connectivity index (χ4n) is 1.63. The first kappa shape index (κ1) is 14.5. The fraction of sp³-hybridized carbons (Fsp3) is 0.923. The van der Waals surface area contributed by atoms with Gasteiger partial charge in [0.1, 0.15) is 6.61 Å². The van der Waals surface area contributed by atoms with E-state index in [4.69, 9.17) is 9.47 Å². The van der Waals surface area contributed by atoms with Gasteiger partial charge in [0.2, 0.25) is 5.91 Å². The van der Waals surface area contributed by atoms with Crippen molar-refractivity contribution in [3.05, 3.63) is 0 Å². The van der Waals surface area contributed by atoms with Crippen LogP contribution in [0.1, 0.15) is 40.0 Å². The summed E-state index contributed by atoms with van der Waals surface area (Å²) in [5, 5.41) is 2.95. The maximum Gasteiger partial charge on any atom is 0.246 e. The van der Waals surface area contributed by atoms with Crippen LogP contribution in [0.5, 0.6) is 0 Å². The maximum absolute atomic E-state index is 11.6. The first-order chi connectivity index (χ1) is 7.87. The Morgan fingerprint density at radius 3 is 2.47 bits per heavy atom. The van der Waals surface area contributed by atoms with Gasteiger partial charge in [-0.25, -0.2) is 0 Å². The molecule has 0 aromatic rings. The number of rotatable bonds is 7. The number of methoxy groups -OCH3 is 1. The summed E-state index contributed by atoms with van der Waals surface area (Å²) in [5.74, 6) is -0.0244. The normalized spacial score (nSPS) is 17.9. The van der Waals surface area contributed by atoms with Gasteiger partial charge in [-0.15, -0.1) is 0 Å². The van der Waals surface area contributed by atoms with Gasteiger partial charge in [0.05, 0.1) is 5.60 Å². The number of hydrogen-bond acceptors (Lipinski definition) is 3. The molecule has 17 heavy (non-hydrogen) atoms. The van der Waals surface area contributed by atoms with Crippen LogP contribution in [-0.4, -0.2) is 38.4 Å². The Balaban J connectivity index is 2.15. The molecule has 4 nitrogen and oxygen atoms in total. The van der Waals surface area contributed by atoms with E-state index in [1.54, 1.807) is 7.11 Å². The third kappa shape index (κ3) is 6.03. The quantitative estimate of drug-likeness (QED) is 0.741. The molecular formula is C13H25NO3. The first-order valence-electron chi connectivity index (χ1n) is 6.27. The van der Waals surface area contributed by atoms with E-state index in [0.717, 1.165) is 19.6 Å². The topological polar surface area (TPSA) is 47.6 Å². The van der Waals surface area contributed by atoms with Crippen LogP contribution in [0, 0.1) is 5.41 Å². The fourth-order valence-corrected chi connectivity index (χ4v) is 1.63. The third-order valence-electron chi connectivity index (χ3n) is 3.09. The maximum atomic E-state index is 11.6. The summed E-state index contributed by atoms with van der Waals surface area (Å²) in [4.78, 5) is 11.6. The molecule has 1 amide bonds. The Labute approximate surface area is 104 Å². The third-order valence-corrected chi connectivity index (χ3v) is 3.09. The van der Waals surface area contributed by atoms with Crippen LogP contribution in [0.15, 0.2) is 0 Å². The van der Waals surface area contributed by atoms with Crippen molar-refractivity contribution < 1.29 is 14.3 Å². The highest BCUT2D eigenvalue weighted by molar-refractivity contribution is 5.77. The van der Waals surface area contributed by atoms with E-state index in [0.29, 0.717) is 5.41 Å². The molecule has 0 bridgehead atoms. The van der Waals surface area contributed by atoms with E-state index in [1.807, 2.05) is 20.8 Å². The lowest BCUT2D eigenvalue weighted by molar-refractivity contribution is -0.130. The number of hydrogen-bond donors (Lipinski definition) is 1. The summed E-state index contributed by atoms with van der Waals surface area (Å²) in [6.45, 7) is 7.50. The SMILES string of the molecule is COCCC1(CNC(=O)COC(C)(C)C)CC1. The molecule has 0 heterocycles. The predicted octanol–water partition coefficient (Wildman–Crippen LogP) is 1.73. The highest BCUT2D eigenvalue weighted by Gasteiger charge is 2.42. The highest BCUT2D eigenvalue weighted by atomic mass is 16.5. The van der Waals surface area contributed by atoms with Crippen molar-refractivity contribution in [2.75, 3.05) is 26.9 Å². The lowest BCUT2D eigenvalue weighted by Gasteiger charge is -2.20. The Hall–Kier alpha value is -0.610. The smallest absolute Gasteiger partial charge is 0.246 e. The molecule has 0 unspecified atom stereocenters. The molecular weight excluding hydrogens is 218 g/mol. The van der Waals surface area contributed by atoms with Crippen LogP contribution >= 0.6 is 0 Å². The monoisotopic (exact) mass is 243 g/mol. The minimum atomic E-state index is -0.259. The molecule has 1 saturated carbocycles. The number of ether oxygens (including phenoxy) is 2. The minimum absolute atomic E-state index is 0.0244. The number of carbonyl (C=O) groups excluding carboxylic acids is 1. The van der Waals surface area contributed by atoms with E-state index < -0.39 is 0 Å². The van der Waals surface area contributed by atoms with Crippen LogP contribution in [-0.2, 0) is 14.3 Å². The van der Waals surface area contributed by atoms with Crippen molar-refractivity contribution >= 4 is 5.91 Å². The zero-order valence-corrected chi connectivity index (χ0v) is 11.5. The van der Waals surface area contributed by atoms with Crippen molar-refractivity contribution in [2.24, 2.45) is 5.41 Å². The second-order valence-corrected chi connectivity index (χ2v) is 5.92. The molecule has 1 fully saturated rings. The van der Waals surface area contributed by atoms with Crippen LogP contribution < -0.4 is 5.32 Å². The van der Waals surface area contributed by atoms with Gasteiger partial charge in [-0.2, -0.15) is 0 Å². The van der Waals surface area contributed by atoms with Crippen LogP contribution in [0.2, 0.25) is 0 Å². The molecule has 0 spiro atoms. The molecule has 0 saturated heterocycles. The predicted molar refractivity (Wildman–Crippen MR) is 66.9 cm³/mol. The van der Waals surface area contributed by atoms with Gasteiger partial charge in [0, 0.05) is 20.3 Å². The lowest BCUT2D eigenvalue weighted by Crippen LogP contribution is -2.35. The Morgan fingerprint density at radius 1 is 1.35 bits per heavy atom. The standard InChI is InChI=1S/C13H25NO3/c1-12(2,3)17-9-11(15)14-10-13(5-6-13)7-8-16-4/h5-10H2,1-4H3,(H,14,15). The number of carbonyl (C=O) groups is 1. The summed E-state index contributed by atoms with van der Waals surface area (Å²) in [5.41, 5.74) is 0.0397. The van der Waals surface area contributed by atoms with Crippen molar-refractivity contribution in [3.63, 3.8) is 0 Å².